The van der Waals surface area contributed by atoms with Gasteiger partial charge in [-0.2, -0.15) is 5.10 Å². The van der Waals surface area contributed by atoms with Crippen LogP contribution >= 0.6 is 11.6 Å². The number of nitrogens with zero attached hydrogens (tertiary/aromatic N) is 2. The molecule has 0 saturated heterocycles. The van der Waals surface area contributed by atoms with Crippen LogP contribution in [-0.2, 0) is 16.0 Å². The topological polar surface area (TPSA) is 48.3 Å². The molecule has 1 atom stereocenters. The number of halogens is 1. The Morgan fingerprint density at radius 1 is 1.50 bits per heavy atom. The molecule has 5 nitrogen and oxygen atoms in total. The van der Waals surface area contributed by atoms with Gasteiger partial charge in [0.1, 0.15) is 0 Å². The molecule has 2 rings (SSSR count). The van der Waals surface area contributed by atoms with E-state index < -0.39 is 0 Å². The molecule has 0 bridgehead atoms. The Morgan fingerprint density at radius 3 is 2.75 bits per heavy atom. The van der Waals surface area contributed by atoms with Crippen LogP contribution in [0.15, 0.2) is 6.20 Å². The molecule has 1 heterocycles. The summed E-state index contributed by atoms with van der Waals surface area (Å²) in [5.41, 5.74) is 0.844. The first-order chi connectivity index (χ1) is 9.68. The minimum Gasteiger partial charge on any atom is -0.383 e. The fourth-order valence-electron chi connectivity index (χ4n) is 2.89. The molecular weight excluding hydrogens is 278 g/mol. The highest BCUT2D eigenvalue weighted by Crippen LogP contribution is 2.46. The van der Waals surface area contributed by atoms with Crippen LogP contribution in [0, 0.1) is 0 Å². The second kappa shape index (κ2) is 6.89. The lowest BCUT2D eigenvalue weighted by atomic mass is 9.73. The molecule has 0 radical (unpaired) electrons. The van der Waals surface area contributed by atoms with E-state index in [-0.39, 0.29) is 11.6 Å². The maximum atomic E-state index is 6.38. The summed E-state index contributed by atoms with van der Waals surface area (Å²) >= 11 is 6.38. The summed E-state index contributed by atoms with van der Waals surface area (Å²) in [6.45, 7) is 4.27. The molecule has 1 aliphatic carbocycles. The number of nitrogens with one attached hydrogen (secondary N) is 1. The Balaban J connectivity index is 2.31. The number of hydrogen-bond acceptors (Lipinski definition) is 4. The van der Waals surface area contributed by atoms with Crippen LogP contribution in [0.5, 0.6) is 0 Å². The molecular formula is C14H24ClN3O2. The molecule has 6 heteroatoms. The van der Waals surface area contributed by atoms with Gasteiger partial charge >= 0.3 is 0 Å². The fraction of sp³-hybridized carbons (Fsp3) is 0.786. The first-order valence-corrected chi connectivity index (χ1v) is 7.55. The van der Waals surface area contributed by atoms with E-state index >= 15 is 0 Å². The Bertz CT molecular complexity index is 427. The predicted octanol–water partition coefficient (Wildman–Crippen LogP) is 2.40. The van der Waals surface area contributed by atoms with Crippen molar-refractivity contribution in [2.45, 2.75) is 44.4 Å². The van der Waals surface area contributed by atoms with Gasteiger partial charge in [0.15, 0.2) is 0 Å². The minimum absolute atomic E-state index is 0.0677. The predicted molar refractivity (Wildman–Crippen MR) is 79.1 cm³/mol. The van der Waals surface area contributed by atoms with Crippen molar-refractivity contribution in [2.75, 3.05) is 27.4 Å². The zero-order chi connectivity index (χ0) is 14.6. The molecule has 0 aliphatic heterocycles. The van der Waals surface area contributed by atoms with Crippen molar-refractivity contribution < 1.29 is 9.47 Å². The molecule has 1 fully saturated rings. The first-order valence-electron chi connectivity index (χ1n) is 7.17. The lowest BCUT2D eigenvalue weighted by Gasteiger charge is -2.46. The summed E-state index contributed by atoms with van der Waals surface area (Å²) in [7, 11) is 3.47. The maximum Gasteiger partial charge on any atom is 0.0888 e. The van der Waals surface area contributed by atoms with Crippen LogP contribution in [0.1, 0.15) is 37.9 Å². The lowest BCUT2D eigenvalue weighted by molar-refractivity contribution is -0.101. The van der Waals surface area contributed by atoms with Gasteiger partial charge in [0.05, 0.1) is 41.7 Å². The monoisotopic (exact) mass is 301 g/mol. The van der Waals surface area contributed by atoms with Gasteiger partial charge in [-0.3, -0.25) is 4.68 Å². The third-order valence-corrected chi connectivity index (χ3v) is 4.45. The molecule has 114 valence electrons. The summed E-state index contributed by atoms with van der Waals surface area (Å²) in [5, 5.41) is 8.59. The molecule has 1 N–H and O–H groups in total. The van der Waals surface area contributed by atoms with Gasteiger partial charge in [-0.1, -0.05) is 18.5 Å². The van der Waals surface area contributed by atoms with Crippen LogP contribution in [-0.4, -0.2) is 42.8 Å². The number of likely N-dealkylation sites (N-methyl/N-ethyl adjacent to an activating group) is 1. The SMILES string of the molecule is CCNC(c1c(Cl)cnn1CCOC)C1(OC)CCC1. The van der Waals surface area contributed by atoms with Crippen molar-refractivity contribution in [1.29, 1.82) is 0 Å². The molecule has 1 aromatic rings. The van der Waals surface area contributed by atoms with Crippen molar-refractivity contribution in [3.63, 3.8) is 0 Å². The summed E-state index contributed by atoms with van der Waals surface area (Å²) in [4.78, 5) is 0. The summed E-state index contributed by atoms with van der Waals surface area (Å²) in [5.74, 6) is 0. The Morgan fingerprint density at radius 2 is 2.25 bits per heavy atom. The van der Waals surface area contributed by atoms with Crippen LogP contribution in [0.4, 0.5) is 0 Å². The van der Waals surface area contributed by atoms with Gasteiger partial charge in [0, 0.05) is 14.2 Å². The quantitative estimate of drug-likeness (QED) is 0.801. The number of hydrogen-bond donors (Lipinski definition) is 1. The molecule has 1 aliphatic rings. The second-order valence-corrected chi connectivity index (χ2v) is 5.61. The van der Waals surface area contributed by atoms with E-state index in [1.807, 2.05) is 4.68 Å². The Labute approximate surface area is 125 Å². The Hall–Kier alpha value is -0.620. The van der Waals surface area contributed by atoms with Crippen LogP contribution in [0.25, 0.3) is 0 Å². The van der Waals surface area contributed by atoms with Gasteiger partial charge in [-0.15, -0.1) is 0 Å². The van der Waals surface area contributed by atoms with Crippen molar-refractivity contribution in [1.82, 2.24) is 15.1 Å². The molecule has 0 aromatic carbocycles. The van der Waals surface area contributed by atoms with Gasteiger partial charge < -0.3 is 14.8 Å². The van der Waals surface area contributed by atoms with E-state index in [0.717, 1.165) is 25.1 Å². The van der Waals surface area contributed by atoms with Crippen molar-refractivity contribution in [3.8, 4) is 0 Å². The third kappa shape index (κ3) is 2.86. The molecule has 20 heavy (non-hydrogen) atoms. The highest BCUT2D eigenvalue weighted by atomic mass is 35.5. The summed E-state index contributed by atoms with van der Waals surface area (Å²) in [6.07, 6.45) is 5.00. The average Bonchev–Trinajstić information content (AvgIpc) is 2.75. The molecule has 1 unspecified atom stereocenters. The zero-order valence-corrected chi connectivity index (χ0v) is 13.2. The number of aromatic nitrogens is 2. The standard InChI is InChI=1S/C14H24ClN3O2/c1-4-16-13(14(20-3)6-5-7-14)12-11(15)10-17-18(12)8-9-19-2/h10,13,16H,4-9H2,1-3H3. The highest BCUT2D eigenvalue weighted by molar-refractivity contribution is 6.31. The van der Waals surface area contributed by atoms with E-state index in [0.29, 0.717) is 18.2 Å². The largest absolute Gasteiger partial charge is 0.383 e. The molecule has 0 amide bonds. The lowest BCUT2D eigenvalue weighted by Crippen LogP contribution is -2.51. The Kier molecular flexibility index (Phi) is 5.43. The first kappa shape index (κ1) is 15.8. The normalized spacial score (nSPS) is 18.8. The highest BCUT2D eigenvalue weighted by Gasteiger charge is 2.46. The number of methoxy groups -OCH3 is 2. The van der Waals surface area contributed by atoms with Gasteiger partial charge in [0.2, 0.25) is 0 Å². The third-order valence-electron chi connectivity index (χ3n) is 4.15. The van der Waals surface area contributed by atoms with Crippen molar-refractivity contribution >= 4 is 11.6 Å². The average molecular weight is 302 g/mol. The minimum atomic E-state index is -0.162. The van der Waals surface area contributed by atoms with Crippen LogP contribution in [0.2, 0.25) is 5.02 Å². The van der Waals surface area contributed by atoms with E-state index in [1.165, 1.54) is 6.42 Å². The number of ether oxygens (including phenoxy) is 2. The maximum absolute atomic E-state index is 6.38. The van der Waals surface area contributed by atoms with E-state index in [1.54, 1.807) is 20.4 Å². The van der Waals surface area contributed by atoms with E-state index in [9.17, 15) is 0 Å². The fourth-order valence-corrected chi connectivity index (χ4v) is 3.14. The zero-order valence-electron chi connectivity index (χ0n) is 12.5. The molecule has 1 saturated carbocycles. The van der Waals surface area contributed by atoms with Crippen LogP contribution in [0.3, 0.4) is 0 Å². The molecule has 0 spiro atoms. The van der Waals surface area contributed by atoms with Gasteiger partial charge in [0.25, 0.3) is 0 Å². The van der Waals surface area contributed by atoms with E-state index in [2.05, 4.69) is 17.3 Å². The second-order valence-electron chi connectivity index (χ2n) is 5.21. The smallest absolute Gasteiger partial charge is 0.0888 e. The summed E-state index contributed by atoms with van der Waals surface area (Å²) < 4.78 is 12.9. The van der Waals surface area contributed by atoms with Crippen LogP contribution < -0.4 is 5.32 Å². The summed E-state index contributed by atoms with van der Waals surface area (Å²) in [6, 6.07) is 0.0677. The van der Waals surface area contributed by atoms with Gasteiger partial charge in [-0.25, -0.2) is 0 Å². The van der Waals surface area contributed by atoms with E-state index in [4.69, 9.17) is 21.1 Å². The van der Waals surface area contributed by atoms with Crippen molar-refractivity contribution in [3.05, 3.63) is 16.9 Å². The van der Waals surface area contributed by atoms with Gasteiger partial charge in [-0.05, 0) is 25.8 Å². The number of rotatable bonds is 8. The molecule has 1 aromatic heterocycles. The van der Waals surface area contributed by atoms with Crippen molar-refractivity contribution in [2.24, 2.45) is 0 Å².